The minimum absolute atomic E-state index is 0.207. The van der Waals surface area contributed by atoms with E-state index in [1.54, 1.807) is 0 Å². The van der Waals surface area contributed by atoms with Gasteiger partial charge in [-0.05, 0) is 12.1 Å². The number of hydrogen-bond donors (Lipinski definition) is 0. The summed E-state index contributed by atoms with van der Waals surface area (Å²) in [6.45, 7) is 0. The fraction of sp³-hybridized carbons (Fsp3) is 0.0714. The zero-order chi connectivity index (χ0) is 11.0. The van der Waals surface area contributed by atoms with Gasteiger partial charge in [-0.1, -0.05) is 36.4 Å². The lowest BCUT2D eigenvalue weighted by Gasteiger charge is -2.24. The molecule has 1 aliphatic rings. The van der Waals surface area contributed by atoms with E-state index >= 15 is 0 Å². The second kappa shape index (κ2) is 3.49. The van der Waals surface area contributed by atoms with Gasteiger partial charge >= 0.3 is 0 Å². The first-order valence-electron chi connectivity index (χ1n) is 5.21. The smallest absolute Gasteiger partial charge is 0.132 e. The minimum atomic E-state index is -0.207. The van der Waals surface area contributed by atoms with Crippen LogP contribution in [0.1, 0.15) is 17.0 Å². The van der Waals surface area contributed by atoms with Crippen LogP contribution in [0.3, 0.4) is 0 Å². The molecule has 2 nitrogen and oxygen atoms in total. The maximum Gasteiger partial charge on any atom is 0.132 e. The molecule has 2 aromatic rings. The molecule has 78 valence electrons. The number of hydrogen-bond acceptors (Lipinski definition) is 2. The van der Waals surface area contributed by atoms with Crippen molar-refractivity contribution in [1.29, 1.82) is 0 Å². The number of carbonyl (C=O) groups is 1. The Kier molecular flexibility index (Phi) is 2.00. The first kappa shape index (κ1) is 9.16. The third-order valence-electron chi connectivity index (χ3n) is 2.86. The predicted molar refractivity (Wildman–Crippen MR) is 60.9 cm³/mol. The van der Waals surface area contributed by atoms with E-state index in [-0.39, 0.29) is 5.92 Å². The molecule has 3 rings (SSSR count). The largest absolute Gasteiger partial charge is 0.457 e. The Labute approximate surface area is 93.5 Å². The van der Waals surface area contributed by atoms with Crippen LogP contribution in [-0.4, -0.2) is 6.29 Å². The van der Waals surface area contributed by atoms with Crippen LogP contribution in [0.25, 0.3) is 0 Å². The fourth-order valence-electron chi connectivity index (χ4n) is 2.09. The van der Waals surface area contributed by atoms with Crippen molar-refractivity contribution in [3.05, 3.63) is 59.7 Å². The minimum Gasteiger partial charge on any atom is -0.457 e. The molecule has 0 aromatic heterocycles. The van der Waals surface area contributed by atoms with Crippen LogP contribution in [0.5, 0.6) is 11.5 Å². The van der Waals surface area contributed by atoms with Crippen molar-refractivity contribution >= 4 is 6.29 Å². The molecule has 0 amide bonds. The maximum atomic E-state index is 11.2. The standard InChI is InChI=1S/C14H10O2/c15-9-12-10-5-1-3-7-13(10)16-14-8-4-2-6-11(12)14/h1-9,12H. The van der Waals surface area contributed by atoms with Crippen LogP contribution < -0.4 is 4.74 Å². The highest BCUT2D eigenvalue weighted by molar-refractivity contribution is 5.74. The van der Waals surface area contributed by atoms with Gasteiger partial charge in [-0.15, -0.1) is 0 Å². The highest BCUT2D eigenvalue weighted by Crippen LogP contribution is 2.42. The van der Waals surface area contributed by atoms with Crippen LogP contribution in [0.4, 0.5) is 0 Å². The molecule has 0 N–H and O–H groups in total. The Hall–Kier alpha value is -2.09. The molecule has 0 bridgehead atoms. The van der Waals surface area contributed by atoms with Gasteiger partial charge in [0.05, 0.1) is 5.92 Å². The van der Waals surface area contributed by atoms with Gasteiger partial charge in [-0.3, -0.25) is 0 Å². The summed E-state index contributed by atoms with van der Waals surface area (Å²) in [6.07, 6.45) is 0.972. The molecule has 0 saturated carbocycles. The Morgan fingerprint density at radius 2 is 1.38 bits per heavy atom. The molecule has 1 heterocycles. The maximum absolute atomic E-state index is 11.2. The molecule has 0 atom stereocenters. The van der Waals surface area contributed by atoms with E-state index in [0.29, 0.717) is 0 Å². The quantitative estimate of drug-likeness (QED) is 0.676. The van der Waals surface area contributed by atoms with Crippen LogP contribution in [0, 0.1) is 0 Å². The van der Waals surface area contributed by atoms with E-state index < -0.39 is 0 Å². The SMILES string of the molecule is O=CC1c2ccccc2Oc2ccccc21. The van der Waals surface area contributed by atoms with E-state index in [0.717, 1.165) is 28.9 Å². The van der Waals surface area contributed by atoms with Crippen LogP contribution >= 0.6 is 0 Å². The Morgan fingerprint density at radius 1 is 0.875 bits per heavy atom. The number of para-hydroxylation sites is 2. The van der Waals surface area contributed by atoms with Gasteiger partial charge in [0.1, 0.15) is 17.8 Å². The van der Waals surface area contributed by atoms with Crippen molar-refractivity contribution in [3.63, 3.8) is 0 Å². The van der Waals surface area contributed by atoms with Gasteiger partial charge in [0.25, 0.3) is 0 Å². The lowest BCUT2D eigenvalue weighted by Crippen LogP contribution is -2.10. The summed E-state index contributed by atoms with van der Waals surface area (Å²) in [4.78, 5) is 11.2. The number of ether oxygens (including phenoxy) is 1. The molecule has 0 aliphatic carbocycles. The zero-order valence-electron chi connectivity index (χ0n) is 8.59. The zero-order valence-corrected chi connectivity index (χ0v) is 8.59. The highest BCUT2D eigenvalue weighted by atomic mass is 16.5. The van der Waals surface area contributed by atoms with Crippen molar-refractivity contribution in [2.45, 2.75) is 5.92 Å². The van der Waals surface area contributed by atoms with E-state index in [4.69, 9.17) is 4.74 Å². The van der Waals surface area contributed by atoms with E-state index in [1.165, 1.54) is 0 Å². The second-order valence-electron chi connectivity index (χ2n) is 3.79. The van der Waals surface area contributed by atoms with Crippen LogP contribution in [-0.2, 0) is 4.79 Å². The first-order valence-corrected chi connectivity index (χ1v) is 5.21. The molecule has 1 aliphatic heterocycles. The van der Waals surface area contributed by atoms with Gasteiger partial charge in [0.2, 0.25) is 0 Å². The predicted octanol–water partition coefficient (Wildman–Crippen LogP) is 3.12. The Balaban J connectivity index is 2.23. The molecule has 0 spiro atoms. The van der Waals surface area contributed by atoms with Crippen molar-refractivity contribution in [2.24, 2.45) is 0 Å². The number of aldehydes is 1. The topological polar surface area (TPSA) is 26.3 Å². The first-order chi connectivity index (χ1) is 7.90. The summed E-state index contributed by atoms with van der Waals surface area (Å²) >= 11 is 0. The molecule has 2 aromatic carbocycles. The van der Waals surface area contributed by atoms with Gasteiger partial charge in [-0.25, -0.2) is 0 Å². The normalized spacial score (nSPS) is 13.5. The average molecular weight is 210 g/mol. The monoisotopic (exact) mass is 210 g/mol. The van der Waals surface area contributed by atoms with Gasteiger partial charge in [0, 0.05) is 11.1 Å². The molecular weight excluding hydrogens is 200 g/mol. The van der Waals surface area contributed by atoms with Crippen molar-refractivity contribution < 1.29 is 9.53 Å². The summed E-state index contributed by atoms with van der Waals surface area (Å²) < 4.78 is 5.75. The van der Waals surface area contributed by atoms with E-state index in [2.05, 4.69) is 0 Å². The summed E-state index contributed by atoms with van der Waals surface area (Å²) in [7, 11) is 0. The third kappa shape index (κ3) is 1.23. The number of fused-ring (bicyclic) bond motifs is 2. The molecule has 16 heavy (non-hydrogen) atoms. The van der Waals surface area contributed by atoms with Crippen molar-refractivity contribution in [3.8, 4) is 11.5 Å². The number of carbonyl (C=O) groups excluding carboxylic acids is 1. The summed E-state index contributed by atoms with van der Waals surface area (Å²) in [5.41, 5.74) is 1.88. The van der Waals surface area contributed by atoms with Crippen LogP contribution in [0.2, 0.25) is 0 Å². The number of benzene rings is 2. The van der Waals surface area contributed by atoms with Crippen molar-refractivity contribution in [1.82, 2.24) is 0 Å². The summed E-state index contributed by atoms with van der Waals surface area (Å²) in [5.74, 6) is 1.35. The summed E-state index contributed by atoms with van der Waals surface area (Å²) in [6, 6.07) is 15.3. The lowest BCUT2D eigenvalue weighted by molar-refractivity contribution is -0.108. The van der Waals surface area contributed by atoms with Crippen molar-refractivity contribution in [2.75, 3.05) is 0 Å². The van der Waals surface area contributed by atoms with Gasteiger partial charge in [0.15, 0.2) is 0 Å². The second-order valence-corrected chi connectivity index (χ2v) is 3.79. The molecule has 2 heteroatoms. The lowest BCUT2D eigenvalue weighted by atomic mass is 9.89. The molecule has 0 saturated heterocycles. The average Bonchev–Trinajstić information content (AvgIpc) is 2.36. The molecular formula is C14H10O2. The van der Waals surface area contributed by atoms with Gasteiger partial charge < -0.3 is 9.53 Å². The van der Waals surface area contributed by atoms with Gasteiger partial charge in [-0.2, -0.15) is 0 Å². The summed E-state index contributed by atoms with van der Waals surface area (Å²) in [5, 5.41) is 0. The Bertz CT molecular complexity index is 500. The fourth-order valence-corrected chi connectivity index (χ4v) is 2.09. The third-order valence-corrected chi connectivity index (χ3v) is 2.86. The van der Waals surface area contributed by atoms with Crippen LogP contribution in [0.15, 0.2) is 48.5 Å². The molecule has 0 unspecified atom stereocenters. The number of rotatable bonds is 1. The Morgan fingerprint density at radius 3 is 1.88 bits per heavy atom. The van der Waals surface area contributed by atoms with E-state index in [9.17, 15) is 4.79 Å². The highest BCUT2D eigenvalue weighted by Gasteiger charge is 2.25. The van der Waals surface area contributed by atoms with E-state index in [1.807, 2.05) is 48.5 Å². The molecule has 0 fully saturated rings. The molecule has 0 radical (unpaired) electrons.